The maximum atomic E-state index is 13.5. The Kier molecular flexibility index (Phi) is 5.38. The fraction of sp³-hybridized carbons (Fsp3) is 0.524. The summed E-state index contributed by atoms with van der Waals surface area (Å²) in [7, 11) is -3.84. The van der Waals surface area contributed by atoms with Gasteiger partial charge in [0, 0.05) is 23.2 Å². The SMILES string of the molecule is C=CC(=O)NC1CC(C)(C)N(S(=O)(=O)c2ccc(NC(=O)C3CC3)cc2)C1(C)C. The Labute approximate surface area is 172 Å². The largest absolute Gasteiger partial charge is 0.348 e. The fourth-order valence-electron chi connectivity index (χ4n) is 4.25. The lowest BCUT2D eigenvalue weighted by atomic mass is 9.94. The van der Waals surface area contributed by atoms with Gasteiger partial charge in [0.15, 0.2) is 0 Å². The van der Waals surface area contributed by atoms with E-state index in [-0.39, 0.29) is 28.7 Å². The van der Waals surface area contributed by atoms with Gasteiger partial charge in [0.2, 0.25) is 21.8 Å². The minimum absolute atomic E-state index is 0.0248. The van der Waals surface area contributed by atoms with E-state index in [9.17, 15) is 18.0 Å². The van der Waals surface area contributed by atoms with Crippen LogP contribution in [-0.2, 0) is 19.6 Å². The molecule has 8 heteroatoms. The monoisotopic (exact) mass is 419 g/mol. The number of carbonyl (C=O) groups is 2. The first-order valence-corrected chi connectivity index (χ1v) is 11.2. The molecule has 7 nitrogen and oxygen atoms in total. The highest BCUT2D eigenvalue weighted by molar-refractivity contribution is 7.89. The van der Waals surface area contributed by atoms with Crippen molar-refractivity contribution in [2.45, 2.75) is 69.0 Å². The second-order valence-electron chi connectivity index (χ2n) is 8.99. The standard InChI is InChI=1S/C21H29N3O4S/c1-6-18(25)23-17-13-20(2,3)24(21(17,4)5)29(27,28)16-11-9-15(10-12-16)22-19(26)14-7-8-14/h6,9-12,14,17H,1,7-8,13H2,2-5H3,(H,22,26)(H,23,25). The first-order valence-electron chi connectivity index (χ1n) is 9.79. The lowest BCUT2D eigenvalue weighted by Gasteiger charge is -2.40. The Morgan fingerprint density at radius 3 is 2.24 bits per heavy atom. The van der Waals surface area contributed by atoms with Gasteiger partial charge in [0.1, 0.15) is 0 Å². The Morgan fingerprint density at radius 2 is 1.72 bits per heavy atom. The van der Waals surface area contributed by atoms with Crippen molar-refractivity contribution in [3.8, 4) is 0 Å². The minimum atomic E-state index is -3.84. The molecule has 29 heavy (non-hydrogen) atoms. The number of nitrogens with zero attached hydrogens (tertiary/aromatic N) is 1. The molecule has 1 atom stereocenters. The van der Waals surface area contributed by atoms with E-state index in [4.69, 9.17) is 0 Å². The van der Waals surface area contributed by atoms with Gasteiger partial charge in [-0.25, -0.2) is 8.42 Å². The third kappa shape index (κ3) is 4.09. The third-order valence-corrected chi connectivity index (χ3v) is 8.05. The molecule has 3 rings (SSSR count). The number of nitrogens with one attached hydrogen (secondary N) is 2. The number of benzene rings is 1. The summed E-state index contributed by atoms with van der Waals surface area (Å²) < 4.78 is 28.5. The van der Waals surface area contributed by atoms with Gasteiger partial charge in [0.25, 0.3) is 0 Å². The average molecular weight is 420 g/mol. The number of hydrogen-bond acceptors (Lipinski definition) is 4. The summed E-state index contributed by atoms with van der Waals surface area (Å²) in [6, 6.07) is 5.90. The van der Waals surface area contributed by atoms with Crippen molar-refractivity contribution in [1.82, 2.24) is 9.62 Å². The maximum Gasteiger partial charge on any atom is 0.244 e. The van der Waals surface area contributed by atoms with Crippen LogP contribution in [-0.4, -0.2) is 41.7 Å². The molecule has 0 aromatic heterocycles. The van der Waals surface area contributed by atoms with Crippen LogP contribution in [0.3, 0.4) is 0 Å². The predicted molar refractivity (Wildman–Crippen MR) is 112 cm³/mol. The van der Waals surface area contributed by atoms with Crippen molar-refractivity contribution in [3.05, 3.63) is 36.9 Å². The molecule has 1 saturated carbocycles. The Hall–Kier alpha value is -2.19. The van der Waals surface area contributed by atoms with Crippen LogP contribution in [0, 0.1) is 5.92 Å². The molecule has 1 unspecified atom stereocenters. The second kappa shape index (κ2) is 7.25. The minimum Gasteiger partial charge on any atom is -0.348 e. The Morgan fingerprint density at radius 1 is 1.14 bits per heavy atom. The van der Waals surface area contributed by atoms with Gasteiger partial charge < -0.3 is 10.6 Å². The van der Waals surface area contributed by atoms with E-state index in [1.807, 2.05) is 27.7 Å². The number of sulfonamides is 1. The highest BCUT2D eigenvalue weighted by Crippen LogP contribution is 2.44. The normalized spacial score (nSPS) is 23.4. The highest BCUT2D eigenvalue weighted by Gasteiger charge is 2.57. The quantitative estimate of drug-likeness (QED) is 0.693. The number of hydrogen-bond donors (Lipinski definition) is 2. The molecular weight excluding hydrogens is 390 g/mol. The van der Waals surface area contributed by atoms with Gasteiger partial charge in [-0.2, -0.15) is 4.31 Å². The first-order chi connectivity index (χ1) is 13.4. The van der Waals surface area contributed by atoms with Gasteiger partial charge in [-0.1, -0.05) is 6.58 Å². The third-order valence-electron chi connectivity index (χ3n) is 5.74. The molecule has 2 N–H and O–H groups in total. The van der Waals surface area contributed by atoms with E-state index in [0.717, 1.165) is 12.8 Å². The molecule has 0 bridgehead atoms. The molecule has 158 valence electrons. The van der Waals surface area contributed by atoms with Crippen LogP contribution in [0.15, 0.2) is 41.8 Å². The summed E-state index contributed by atoms with van der Waals surface area (Å²) in [6.45, 7) is 10.8. The van der Waals surface area contributed by atoms with Crippen molar-refractivity contribution in [2.24, 2.45) is 5.92 Å². The molecule has 0 spiro atoms. The van der Waals surface area contributed by atoms with Crippen LogP contribution in [0.2, 0.25) is 0 Å². The lowest BCUT2D eigenvalue weighted by molar-refractivity contribution is -0.118. The molecule has 2 amide bonds. The Balaban J connectivity index is 1.87. The molecule has 1 aliphatic carbocycles. The first kappa shape index (κ1) is 21.5. The Bertz CT molecular complexity index is 931. The predicted octanol–water partition coefficient (Wildman–Crippen LogP) is 2.66. The summed E-state index contributed by atoms with van der Waals surface area (Å²) in [5, 5.41) is 5.68. The molecule has 1 aromatic rings. The summed E-state index contributed by atoms with van der Waals surface area (Å²) >= 11 is 0. The van der Waals surface area contributed by atoms with Crippen LogP contribution in [0.5, 0.6) is 0 Å². The molecular formula is C21H29N3O4S. The van der Waals surface area contributed by atoms with E-state index in [0.29, 0.717) is 12.1 Å². The van der Waals surface area contributed by atoms with Crippen LogP contribution in [0.1, 0.15) is 47.0 Å². The molecule has 2 fully saturated rings. The van der Waals surface area contributed by atoms with E-state index >= 15 is 0 Å². The fourth-order valence-corrected chi connectivity index (χ4v) is 6.42. The summed E-state index contributed by atoms with van der Waals surface area (Å²) in [6.07, 6.45) is 3.48. The van der Waals surface area contributed by atoms with E-state index < -0.39 is 21.1 Å². The smallest absolute Gasteiger partial charge is 0.244 e. The molecule has 0 radical (unpaired) electrons. The zero-order chi connectivity index (χ0) is 21.6. The zero-order valence-electron chi connectivity index (χ0n) is 17.4. The van der Waals surface area contributed by atoms with Gasteiger partial charge in [-0.15, -0.1) is 0 Å². The topological polar surface area (TPSA) is 95.6 Å². The van der Waals surface area contributed by atoms with Crippen LogP contribution in [0.25, 0.3) is 0 Å². The average Bonchev–Trinajstić information content (AvgIpc) is 3.43. The summed E-state index contributed by atoms with van der Waals surface area (Å²) in [4.78, 5) is 23.9. The van der Waals surface area contributed by atoms with Gasteiger partial charge in [0.05, 0.1) is 10.4 Å². The van der Waals surface area contributed by atoms with Crippen molar-refractivity contribution in [3.63, 3.8) is 0 Å². The molecule has 1 aromatic carbocycles. The number of carbonyl (C=O) groups excluding carboxylic acids is 2. The molecule has 1 heterocycles. The van der Waals surface area contributed by atoms with Crippen LogP contribution < -0.4 is 10.6 Å². The van der Waals surface area contributed by atoms with E-state index in [1.54, 1.807) is 12.1 Å². The molecule has 1 saturated heterocycles. The zero-order valence-corrected chi connectivity index (χ0v) is 18.2. The van der Waals surface area contributed by atoms with Crippen molar-refractivity contribution in [1.29, 1.82) is 0 Å². The van der Waals surface area contributed by atoms with Crippen LogP contribution in [0.4, 0.5) is 5.69 Å². The maximum absolute atomic E-state index is 13.5. The molecule has 1 aliphatic heterocycles. The van der Waals surface area contributed by atoms with Gasteiger partial charge in [-0.3, -0.25) is 9.59 Å². The number of anilines is 1. The van der Waals surface area contributed by atoms with E-state index in [1.165, 1.54) is 22.5 Å². The van der Waals surface area contributed by atoms with Crippen molar-refractivity contribution in [2.75, 3.05) is 5.32 Å². The highest BCUT2D eigenvalue weighted by atomic mass is 32.2. The van der Waals surface area contributed by atoms with E-state index in [2.05, 4.69) is 17.2 Å². The number of amides is 2. The van der Waals surface area contributed by atoms with Crippen molar-refractivity contribution < 1.29 is 18.0 Å². The second-order valence-corrected chi connectivity index (χ2v) is 10.8. The van der Waals surface area contributed by atoms with Gasteiger partial charge >= 0.3 is 0 Å². The lowest BCUT2D eigenvalue weighted by Crippen LogP contribution is -2.56. The summed E-state index contributed by atoms with van der Waals surface area (Å²) in [5.41, 5.74) is -0.947. The summed E-state index contributed by atoms with van der Waals surface area (Å²) in [5.74, 6) is -0.274. The van der Waals surface area contributed by atoms with Crippen LogP contribution >= 0.6 is 0 Å². The van der Waals surface area contributed by atoms with Crippen molar-refractivity contribution >= 4 is 27.5 Å². The number of rotatable bonds is 6. The molecule has 2 aliphatic rings. The van der Waals surface area contributed by atoms with Gasteiger partial charge in [-0.05, 0) is 77.3 Å².